The highest BCUT2D eigenvalue weighted by molar-refractivity contribution is 7.19. The Morgan fingerprint density at radius 1 is 1.43 bits per heavy atom. The molecular formula is C16H21N5OS. The molecule has 6 nitrogen and oxygen atoms in total. The van der Waals surface area contributed by atoms with Gasteiger partial charge in [-0.25, -0.2) is 18.9 Å². The molecule has 0 unspecified atom stereocenters. The van der Waals surface area contributed by atoms with Crippen molar-refractivity contribution in [3.8, 4) is 0 Å². The molecule has 0 radical (unpaired) electrons. The van der Waals surface area contributed by atoms with Crippen LogP contribution in [0, 0.1) is 5.92 Å². The van der Waals surface area contributed by atoms with E-state index in [2.05, 4.69) is 21.9 Å². The number of likely N-dealkylation sites (N-methyl/N-ethyl adjacent to an activating group) is 1. The van der Waals surface area contributed by atoms with Crippen molar-refractivity contribution < 1.29 is 0 Å². The van der Waals surface area contributed by atoms with E-state index in [-0.39, 0.29) is 5.69 Å². The fourth-order valence-electron chi connectivity index (χ4n) is 3.30. The molecule has 122 valence electrons. The number of hydrogen-bond donors (Lipinski definition) is 0. The molecule has 0 saturated heterocycles. The van der Waals surface area contributed by atoms with Crippen molar-refractivity contribution in [2.45, 2.75) is 32.7 Å². The van der Waals surface area contributed by atoms with Crippen LogP contribution in [0.25, 0.3) is 15.9 Å². The van der Waals surface area contributed by atoms with Gasteiger partial charge < -0.3 is 4.90 Å². The van der Waals surface area contributed by atoms with Crippen molar-refractivity contribution >= 4 is 27.2 Å². The van der Waals surface area contributed by atoms with Gasteiger partial charge in [0.1, 0.15) is 11.2 Å². The Labute approximate surface area is 138 Å². The summed E-state index contributed by atoms with van der Waals surface area (Å²) in [5.74, 6) is 0.728. The van der Waals surface area contributed by atoms with Gasteiger partial charge in [0.15, 0.2) is 5.65 Å². The van der Waals surface area contributed by atoms with Crippen molar-refractivity contribution in [1.29, 1.82) is 0 Å². The van der Waals surface area contributed by atoms with E-state index in [1.54, 1.807) is 26.7 Å². The minimum absolute atomic E-state index is 0.0969. The molecule has 0 fully saturated rings. The third kappa shape index (κ3) is 2.38. The van der Waals surface area contributed by atoms with Gasteiger partial charge in [0.25, 0.3) is 0 Å². The molecule has 3 aromatic rings. The quantitative estimate of drug-likeness (QED) is 0.734. The predicted molar refractivity (Wildman–Crippen MR) is 92.4 cm³/mol. The Hall–Kier alpha value is -1.73. The maximum atomic E-state index is 12.5. The van der Waals surface area contributed by atoms with Crippen LogP contribution in [0.5, 0.6) is 0 Å². The molecule has 4 rings (SSSR count). The lowest BCUT2D eigenvalue weighted by Gasteiger charge is -2.17. The first-order valence-electron chi connectivity index (χ1n) is 8.07. The van der Waals surface area contributed by atoms with Crippen LogP contribution in [-0.4, -0.2) is 44.7 Å². The molecule has 0 bridgehead atoms. The summed E-state index contributed by atoms with van der Waals surface area (Å²) in [5.41, 5.74) is 2.04. The monoisotopic (exact) mass is 331 g/mol. The lowest BCUT2D eigenvalue weighted by Crippen LogP contribution is -2.27. The van der Waals surface area contributed by atoms with Crippen LogP contribution >= 0.6 is 11.3 Å². The fourth-order valence-corrected chi connectivity index (χ4v) is 4.65. The van der Waals surface area contributed by atoms with E-state index in [0.717, 1.165) is 41.2 Å². The number of fused-ring (bicyclic) bond motifs is 5. The number of aryl methyl sites for hydroxylation is 1. The van der Waals surface area contributed by atoms with Gasteiger partial charge in [-0.15, -0.1) is 16.4 Å². The summed E-state index contributed by atoms with van der Waals surface area (Å²) in [7, 11) is 3.99. The zero-order chi connectivity index (χ0) is 16.1. The molecule has 1 aliphatic rings. The summed E-state index contributed by atoms with van der Waals surface area (Å²) in [4.78, 5) is 21.6. The number of rotatable bonds is 3. The van der Waals surface area contributed by atoms with Gasteiger partial charge in [0.2, 0.25) is 0 Å². The zero-order valence-electron chi connectivity index (χ0n) is 13.7. The van der Waals surface area contributed by atoms with Crippen molar-refractivity contribution in [2.24, 2.45) is 5.92 Å². The lowest BCUT2D eigenvalue weighted by molar-refractivity contribution is 0.369. The average molecular weight is 331 g/mol. The van der Waals surface area contributed by atoms with Crippen LogP contribution in [0.3, 0.4) is 0 Å². The molecule has 0 amide bonds. The van der Waals surface area contributed by atoms with Crippen LogP contribution in [0.2, 0.25) is 0 Å². The zero-order valence-corrected chi connectivity index (χ0v) is 14.6. The predicted octanol–water partition coefficient (Wildman–Crippen LogP) is 1.79. The van der Waals surface area contributed by atoms with Gasteiger partial charge in [0.05, 0.1) is 11.9 Å². The van der Waals surface area contributed by atoms with Crippen LogP contribution in [0.1, 0.15) is 23.8 Å². The van der Waals surface area contributed by atoms with E-state index in [1.807, 2.05) is 14.1 Å². The Morgan fingerprint density at radius 3 is 3.04 bits per heavy atom. The molecule has 0 saturated carbocycles. The molecule has 0 N–H and O–H groups in total. The molecule has 0 aromatic carbocycles. The SMILES string of the molecule is C[C@@H]1CCc2c(sc3ncn4c(=O)n(CCN(C)C)nc4c23)C1. The summed E-state index contributed by atoms with van der Waals surface area (Å²) in [6.07, 6.45) is 5.01. The molecular weight excluding hydrogens is 310 g/mol. The summed E-state index contributed by atoms with van der Waals surface area (Å²) in [6, 6.07) is 0. The highest BCUT2D eigenvalue weighted by atomic mass is 32.1. The first-order valence-corrected chi connectivity index (χ1v) is 8.89. The second-order valence-corrected chi connectivity index (χ2v) is 7.86. The molecule has 7 heteroatoms. The minimum atomic E-state index is -0.0969. The first kappa shape index (κ1) is 14.8. The molecule has 0 spiro atoms. The van der Waals surface area contributed by atoms with E-state index in [9.17, 15) is 4.79 Å². The summed E-state index contributed by atoms with van der Waals surface area (Å²) < 4.78 is 3.16. The number of aromatic nitrogens is 4. The summed E-state index contributed by atoms with van der Waals surface area (Å²) >= 11 is 1.77. The minimum Gasteiger partial charge on any atom is -0.308 e. The van der Waals surface area contributed by atoms with Gasteiger partial charge >= 0.3 is 5.69 Å². The fraction of sp³-hybridized carbons (Fsp3) is 0.562. The Kier molecular flexibility index (Phi) is 3.50. The van der Waals surface area contributed by atoms with Gasteiger partial charge in [-0.3, -0.25) is 0 Å². The van der Waals surface area contributed by atoms with Gasteiger partial charge in [-0.1, -0.05) is 6.92 Å². The third-order valence-electron chi connectivity index (χ3n) is 4.64. The maximum Gasteiger partial charge on any atom is 0.351 e. The van der Waals surface area contributed by atoms with E-state index in [0.29, 0.717) is 6.54 Å². The Morgan fingerprint density at radius 2 is 2.26 bits per heavy atom. The van der Waals surface area contributed by atoms with Crippen LogP contribution < -0.4 is 5.69 Å². The molecule has 1 atom stereocenters. The van der Waals surface area contributed by atoms with Gasteiger partial charge in [-0.2, -0.15) is 0 Å². The normalized spacial score (nSPS) is 18.2. The summed E-state index contributed by atoms with van der Waals surface area (Å²) in [6.45, 7) is 3.69. The van der Waals surface area contributed by atoms with E-state index in [4.69, 9.17) is 0 Å². The second kappa shape index (κ2) is 5.42. The highest BCUT2D eigenvalue weighted by Crippen LogP contribution is 2.38. The van der Waals surface area contributed by atoms with Crippen molar-refractivity contribution in [2.75, 3.05) is 20.6 Å². The number of hydrogen-bond acceptors (Lipinski definition) is 5. The maximum absolute atomic E-state index is 12.5. The van der Waals surface area contributed by atoms with Crippen LogP contribution in [-0.2, 0) is 19.4 Å². The molecule has 3 aromatic heterocycles. The topological polar surface area (TPSA) is 55.4 Å². The third-order valence-corrected chi connectivity index (χ3v) is 5.80. The largest absolute Gasteiger partial charge is 0.351 e. The first-order chi connectivity index (χ1) is 11.0. The standard InChI is InChI=1S/C16H21N5OS/c1-10-4-5-11-12(8-10)23-15-13(11)14-18-21(7-6-19(2)3)16(22)20(14)9-17-15/h9-10H,4-8H2,1-3H3/t10-/m1/s1. The van der Waals surface area contributed by atoms with Crippen molar-refractivity contribution in [3.05, 3.63) is 27.3 Å². The molecule has 1 aliphatic carbocycles. The number of nitrogens with zero attached hydrogens (tertiary/aromatic N) is 5. The van der Waals surface area contributed by atoms with Gasteiger partial charge in [0, 0.05) is 11.4 Å². The lowest BCUT2D eigenvalue weighted by atomic mass is 9.89. The Balaban J connectivity index is 1.91. The van der Waals surface area contributed by atoms with Gasteiger partial charge in [-0.05, 0) is 44.8 Å². The van der Waals surface area contributed by atoms with Crippen LogP contribution in [0.4, 0.5) is 0 Å². The average Bonchev–Trinajstić information content (AvgIpc) is 3.02. The Bertz CT molecular complexity index is 935. The molecule has 0 aliphatic heterocycles. The molecule has 23 heavy (non-hydrogen) atoms. The second-order valence-electron chi connectivity index (χ2n) is 6.78. The molecule has 3 heterocycles. The van der Waals surface area contributed by atoms with Crippen molar-refractivity contribution in [3.63, 3.8) is 0 Å². The smallest absolute Gasteiger partial charge is 0.308 e. The van der Waals surface area contributed by atoms with E-state index in [1.165, 1.54) is 16.9 Å². The number of thiophene rings is 1. The van der Waals surface area contributed by atoms with Crippen LogP contribution in [0.15, 0.2) is 11.1 Å². The van der Waals surface area contributed by atoms with E-state index >= 15 is 0 Å². The van der Waals surface area contributed by atoms with E-state index < -0.39 is 0 Å². The summed E-state index contributed by atoms with van der Waals surface area (Å²) in [5, 5.41) is 5.72. The van der Waals surface area contributed by atoms with Crippen molar-refractivity contribution in [1.82, 2.24) is 24.1 Å². The highest BCUT2D eigenvalue weighted by Gasteiger charge is 2.24.